The number of anilines is 1. The Labute approximate surface area is 257 Å². The summed E-state index contributed by atoms with van der Waals surface area (Å²) in [5.74, 6) is -4.91. The molecule has 1 saturated carbocycles. The summed E-state index contributed by atoms with van der Waals surface area (Å²) in [4.78, 5) is 60.2. The van der Waals surface area contributed by atoms with Gasteiger partial charge in [-0.25, -0.2) is 4.79 Å². The van der Waals surface area contributed by atoms with E-state index in [9.17, 15) is 40.8 Å². The largest absolute Gasteiger partial charge is 0.490 e. The lowest BCUT2D eigenvalue weighted by atomic mass is 9.91. The van der Waals surface area contributed by atoms with Gasteiger partial charge < -0.3 is 16.2 Å². The van der Waals surface area contributed by atoms with Gasteiger partial charge in [0.1, 0.15) is 6.04 Å². The Kier molecular flexibility index (Phi) is 10.2. The molecule has 0 bridgehead atoms. The van der Waals surface area contributed by atoms with E-state index >= 15 is 0 Å². The Bertz CT molecular complexity index is 1460. The molecular formula is C27H35F3N6O8S. The van der Waals surface area contributed by atoms with E-state index < -0.39 is 52.0 Å². The van der Waals surface area contributed by atoms with Crippen LogP contribution in [0.5, 0.6) is 0 Å². The Morgan fingerprint density at radius 2 is 1.62 bits per heavy atom. The van der Waals surface area contributed by atoms with Crippen molar-refractivity contribution in [1.82, 2.24) is 18.8 Å². The van der Waals surface area contributed by atoms with Gasteiger partial charge in [0.15, 0.2) is 0 Å². The standard InChI is InChI=1S/C25H34N6O6S.C2HF3O2/c1-29(38(36,37)30-13-11-15(26)12-14-30)17-7-5-16(6-8-17)27-19-4-2-3-18-22(19)25(35)31(24(18)34)20-9-10-21(32)28-23(20)33;3-2(4,5)1(6)7/h2-4,15-17,20,27H,5-14,26H2,1H3,(H,28,32,33);(H,6,7). The van der Waals surface area contributed by atoms with E-state index in [0.717, 1.165) is 4.90 Å². The summed E-state index contributed by atoms with van der Waals surface area (Å²) in [5, 5.41) is 12.7. The van der Waals surface area contributed by atoms with E-state index in [2.05, 4.69) is 10.6 Å². The zero-order valence-electron chi connectivity index (χ0n) is 24.4. The molecule has 1 atom stereocenters. The Morgan fingerprint density at radius 1 is 1.02 bits per heavy atom. The zero-order chi connectivity index (χ0) is 33.3. The normalized spacial score (nSPS) is 25.0. The van der Waals surface area contributed by atoms with E-state index in [-0.39, 0.29) is 42.1 Å². The van der Waals surface area contributed by atoms with Crippen molar-refractivity contribution >= 4 is 45.5 Å². The van der Waals surface area contributed by atoms with Crippen LogP contribution in [0.2, 0.25) is 0 Å². The van der Waals surface area contributed by atoms with Gasteiger partial charge in [0.2, 0.25) is 11.8 Å². The number of carbonyl (C=O) groups is 5. The number of nitrogens with one attached hydrogen (secondary N) is 2. The number of aliphatic carboxylic acids is 1. The van der Waals surface area contributed by atoms with Gasteiger partial charge in [0, 0.05) is 50.4 Å². The first-order chi connectivity index (χ1) is 21.0. The number of carboxylic acids is 1. The molecule has 18 heteroatoms. The van der Waals surface area contributed by atoms with Crippen LogP contribution in [0.15, 0.2) is 18.2 Å². The molecule has 0 spiro atoms. The molecule has 1 aliphatic carbocycles. The predicted octanol–water partition coefficient (Wildman–Crippen LogP) is 1.04. The van der Waals surface area contributed by atoms with Crippen molar-refractivity contribution in [2.24, 2.45) is 5.73 Å². The van der Waals surface area contributed by atoms with Gasteiger partial charge in [0.05, 0.1) is 11.1 Å². The number of imide groups is 2. The topological polar surface area (TPSA) is 200 Å². The number of carboxylic acid groups (broad SMARTS) is 1. The monoisotopic (exact) mass is 660 g/mol. The van der Waals surface area contributed by atoms with Crippen LogP contribution in [0.25, 0.3) is 0 Å². The molecule has 5 rings (SSSR count). The van der Waals surface area contributed by atoms with Crippen LogP contribution >= 0.6 is 0 Å². The molecule has 3 heterocycles. The summed E-state index contributed by atoms with van der Waals surface area (Å²) in [6.07, 6.45) is -0.899. The first kappa shape index (κ1) is 34.3. The van der Waals surface area contributed by atoms with Gasteiger partial charge >= 0.3 is 12.1 Å². The van der Waals surface area contributed by atoms with Gasteiger partial charge in [-0.3, -0.25) is 29.4 Å². The molecular weight excluding hydrogens is 625 g/mol. The number of halogens is 3. The molecule has 3 fully saturated rings. The molecule has 5 N–H and O–H groups in total. The highest BCUT2D eigenvalue weighted by Crippen LogP contribution is 2.35. The second kappa shape index (κ2) is 13.4. The molecule has 0 radical (unpaired) electrons. The van der Waals surface area contributed by atoms with Crippen molar-refractivity contribution in [2.45, 2.75) is 81.7 Å². The molecule has 1 aromatic carbocycles. The molecule has 1 unspecified atom stereocenters. The quantitative estimate of drug-likeness (QED) is 0.320. The minimum absolute atomic E-state index is 0.00519. The highest BCUT2D eigenvalue weighted by atomic mass is 32.2. The van der Waals surface area contributed by atoms with E-state index in [1.807, 2.05) is 0 Å². The lowest BCUT2D eigenvalue weighted by molar-refractivity contribution is -0.192. The highest BCUT2D eigenvalue weighted by molar-refractivity contribution is 7.86. The summed E-state index contributed by atoms with van der Waals surface area (Å²) < 4.78 is 61.0. The van der Waals surface area contributed by atoms with E-state index in [1.54, 1.807) is 25.2 Å². The summed E-state index contributed by atoms with van der Waals surface area (Å²) in [6.45, 7) is 0.874. The summed E-state index contributed by atoms with van der Waals surface area (Å²) in [5.41, 5.74) is 6.90. The number of alkyl halides is 3. The molecule has 0 aromatic heterocycles. The summed E-state index contributed by atoms with van der Waals surface area (Å²) in [7, 11) is -1.92. The van der Waals surface area contributed by atoms with Crippen LogP contribution in [-0.2, 0) is 24.6 Å². The van der Waals surface area contributed by atoms with Gasteiger partial charge in [-0.1, -0.05) is 6.07 Å². The third kappa shape index (κ3) is 7.45. The predicted molar refractivity (Wildman–Crippen MR) is 152 cm³/mol. The maximum absolute atomic E-state index is 13.3. The number of fused-ring (bicyclic) bond motifs is 1. The van der Waals surface area contributed by atoms with Gasteiger partial charge in [-0.2, -0.15) is 30.2 Å². The summed E-state index contributed by atoms with van der Waals surface area (Å²) in [6, 6.07) is 3.90. The fourth-order valence-electron chi connectivity index (χ4n) is 5.92. The minimum Gasteiger partial charge on any atom is -0.475 e. The van der Waals surface area contributed by atoms with Crippen molar-refractivity contribution in [3.8, 4) is 0 Å². The molecule has 4 aliphatic rings. The third-order valence-electron chi connectivity index (χ3n) is 8.47. The van der Waals surface area contributed by atoms with Crippen LogP contribution in [0.4, 0.5) is 18.9 Å². The maximum Gasteiger partial charge on any atom is 0.490 e. The average molecular weight is 661 g/mol. The number of carbonyl (C=O) groups excluding carboxylic acids is 4. The average Bonchev–Trinajstić information content (AvgIpc) is 3.23. The maximum atomic E-state index is 13.3. The summed E-state index contributed by atoms with van der Waals surface area (Å²) >= 11 is 0. The SMILES string of the molecule is CN(C1CCC(Nc2cccc3c2C(=O)N(C2CCC(=O)NC2=O)C3=O)CC1)S(=O)(=O)N1CCC(N)CC1.O=C(O)C(F)(F)F. The Morgan fingerprint density at radius 3 is 2.18 bits per heavy atom. The van der Waals surface area contributed by atoms with Crippen LogP contribution in [0.1, 0.15) is 72.1 Å². The lowest BCUT2D eigenvalue weighted by Gasteiger charge is -2.38. The first-order valence-corrected chi connectivity index (χ1v) is 15.8. The first-order valence-electron chi connectivity index (χ1n) is 14.4. The molecule has 14 nitrogen and oxygen atoms in total. The molecule has 45 heavy (non-hydrogen) atoms. The fourth-order valence-corrected chi connectivity index (χ4v) is 7.54. The number of piperidine rings is 2. The number of benzene rings is 1. The van der Waals surface area contributed by atoms with Crippen LogP contribution < -0.4 is 16.4 Å². The van der Waals surface area contributed by atoms with Crippen LogP contribution in [0, 0.1) is 0 Å². The Balaban J connectivity index is 0.000000591. The number of hydrogen-bond acceptors (Lipinski definition) is 9. The molecule has 2 saturated heterocycles. The number of hydrogen-bond donors (Lipinski definition) is 4. The second-order valence-electron chi connectivity index (χ2n) is 11.4. The van der Waals surface area contributed by atoms with Gasteiger partial charge in [0.25, 0.3) is 22.0 Å². The van der Waals surface area contributed by atoms with E-state index in [1.165, 1.54) is 8.61 Å². The third-order valence-corrected chi connectivity index (χ3v) is 10.5. The van der Waals surface area contributed by atoms with E-state index in [0.29, 0.717) is 57.3 Å². The number of nitrogens with zero attached hydrogens (tertiary/aromatic N) is 3. The molecule has 248 valence electrons. The smallest absolute Gasteiger partial charge is 0.475 e. The van der Waals surface area contributed by atoms with Crippen LogP contribution in [-0.4, -0.2) is 107 Å². The van der Waals surface area contributed by atoms with Crippen LogP contribution in [0.3, 0.4) is 0 Å². The molecule has 3 aliphatic heterocycles. The fraction of sp³-hybridized carbons (Fsp3) is 0.593. The van der Waals surface area contributed by atoms with Crippen molar-refractivity contribution < 1.29 is 50.7 Å². The van der Waals surface area contributed by atoms with Crippen molar-refractivity contribution in [3.05, 3.63) is 29.3 Å². The van der Waals surface area contributed by atoms with Crippen molar-refractivity contribution in [1.29, 1.82) is 0 Å². The molecule has 4 amide bonds. The lowest BCUT2D eigenvalue weighted by Crippen LogP contribution is -2.54. The number of amides is 4. The highest BCUT2D eigenvalue weighted by Gasteiger charge is 2.46. The Hall–Kier alpha value is -3.61. The number of nitrogens with two attached hydrogens (primary N) is 1. The zero-order valence-corrected chi connectivity index (χ0v) is 25.2. The molecule has 1 aromatic rings. The van der Waals surface area contributed by atoms with Gasteiger partial charge in [-0.15, -0.1) is 0 Å². The minimum atomic E-state index is -5.08. The van der Waals surface area contributed by atoms with Crippen molar-refractivity contribution in [3.63, 3.8) is 0 Å². The number of rotatable bonds is 6. The second-order valence-corrected chi connectivity index (χ2v) is 13.4. The van der Waals surface area contributed by atoms with E-state index in [4.69, 9.17) is 15.6 Å². The van der Waals surface area contributed by atoms with Gasteiger partial charge in [-0.05, 0) is 57.1 Å². The van der Waals surface area contributed by atoms with Crippen molar-refractivity contribution in [2.75, 3.05) is 25.5 Å².